The van der Waals surface area contributed by atoms with Gasteiger partial charge in [0.2, 0.25) is 0 Å². The van der Waals surface area contributed by atoms with Crippen molar-refractivity contribution >= 4 is 17.4 Å². The summed E-state index contributed by atoms with van der Waals surface area (Å²) in [6.45, 7) is 9.05. The molecule has 3 heterocycles. The Kier molecular flexibility index (Phi) is 8.53. The molecule has 2 aromatic rings. The summed E-state index contributed by atoms with van der Waals surface area (Å²) in [5.41, 5.74) is 2.35. The lowest BCUT2D eigenvalue weighted by Crippen LogP contribution is -2.38. The molecule has 3 aliphatic rings. The third-order valence-corrected chi connectivity index (χ3v) is 7.63. The van der Waals surface area contributed by atoms with Crippen LogP contribution in [0.15, 0.2) is 48.0 Å². The van der Waals surface area contributed by atoms with Gasteiger partial charge in [0.05, 0.1) is 31.4 Å². The van der Waals surface area contributed by atoms with Crippen molar-refractivity contribution in [1.29, 1.82) is 0 Å². The Morgan fingerprint density at radius 2 is 1.90 bits per heavy atom. The quantitative estimate of drug-likeness (QED) is 0.210. The average Bonchev–Trinajstić information content (AvgIpc) is 3.44. The van der Waals surface area contributed by atoms with Crippen molar-refractivity contribution in [2.75, 3.05) is 46.0 Å². The molecular weight excluding hydrogens is 496 g/mol. The molecule has 2 aromatic carbocycles. The molecule has 208 valence electrons. The minimum atomic E-state index is -0.701. The van der Waals surface area contributed by atoms with Crippen molar-refractivity contribution in [3.05, 3.63) is 64.7 Å². The summed E-state index contributed by atoms with van der Waals surface area (Å²) in [5.74, 6) is 0.0681. The second-order valence-corrected chi connectivity index (χ2v) is 10.5. The molecule has 0 aromatic heterocycles. The fraction of sp³-hybridized carbons (Fsp3) is 0.484. The second kappa shape index (κ2) is 12.2. The van der Waals surface area contributed by atoms with Gasteiger partial charge < -0.3 is 24.2 Å². The van der Waals surface area contributed by atoms with Crippen LogP contribution in [-0.2, 0) is 20.7 Å². The van der Waals surface area contributed by atoms with E-state index in [0.29, 0.717) is 44.1 Å². The molecule has 1 amide bonds. The Morgan fingerprint density at radius 3 is 2.69 bits per heavy atom. The largest absolute Gasteiger partial charge is 0.507 e. The van der Waals surface area contributed by atoms with Crippen LogP contribution in [-0.4, -0.2) is 78.7 Å². The Morgan fingerprint density at radius 1 is 1.08 bits per heavy atom. The number of unbranched alkanes of at least 4 members (excludes halogenated alkanes) is 1. The molecule has 1 N–H and O–H groups in total. The highest BCUT2D eigenvalue weighted by Crippen LogP contribution is 2.41. The van der Waals surface area contributed by atoms with Crippen LogP contribution in [0.25, 0.3) is 5.76 Å². The molecule has 0 bridgehead atoms. The Hall–Kier alpha value is -3.36. The molecule has 0 spiro atoms. The Bertz CT molecular complexity index is 1240. The number of ketones is 1. The van der Waals surface area contributed by atoms with E-state index in [4.69, 9.17) is 14.2 Å². The molecule has 8 heteroatoms. The van der Waals surface area contributed by atoms with Gasteiger partial charge >= 0.3 is 0 Å². The first-order valence-corrected chi connectivity index (χ1v) is 14.1. The zero-order chi connectivity index (χ0) is 27.4. The lowest BCUT2D eigenvalue weighted by Gasteiger charge is -2.29. The van der Waals surface area contributed by atoms with E-state index in [1.54, 1.807) is 11.0 Å². The molecule has 3 aliphatic heterocycles. The summed E-state index contributed by atoms with van der Waals surface area (Å²) in [4.78, 5) is 30.8. The number of carbonyl (C=O) groups is 2. The summed E-state index contributed by atoms with van der Waals surface area (Å²) in [5, 5.41) is 11.5. The Labute approximate surface area is 230 Å². The normalized spacial score (nSPS) is 22.7. The minimum absolute atomic E-state index is 0.0601. The summed E-state index contributed by atoms with van der Waals surface area (Å²) in [6, 6.07) is 12.3. The average molecular weight is 535 g/mol. The SMILES string of the molecule is CCCCOc1cccc([C@H]2C(=C(O)c3ccc4c(c3)C[C@@H](C)O4)C(=O)C(=O)N2CCCN2CCOCC2)c1. The van der Waals surface area contributed by atoms with Crippen LogP contribution in [0.2, 0.25) is 0 Å². The predicted octanol–water partition coefficient (Wildman–Crippen LogP) is 4.33. The van der Waals surface area contributed by atoms with Crippen molar-refractivity contribution < 1.29 is 28.9 Å². The van der Waals surface area contributed by atoms with Crippen molar-refractivity contribution in [3.8, 4) is 11.5 Å². The number of morpholine rings is 1. The molecule has 0 aliphatic carbocycles. The molecule has 0 radical (unpaired) electrons. The highest BCUT2D eigenvalue weighted by molar-refractivity contribution is 6.46. The first-order chi connectivity index (χ1) is 19.0. The van der Waals surface area contributed by atoms with Crippen molar-refractivity contribution in [3.63, 3.8) is 0 Å². The number of aliphatic hydroxyl groups excluding tert-OH is 1. The number of carbonyl (C=O) groups excluding carboxylic acids is 2. The van der Waals surface area contributed by atoms with Gasteiger partial charge in [-0.3, -0.25) is 14.5 Å². The third kappa shape index (κ3) is 5.97. The van der Waals surface area contributed by atoms with Gasteiger partial charge in [0.15, 0.2) is 0 Å². The topological polar surface area (TPSA) is 88.5 Å². The number of amides is 1. The predicted molar refractivity (Wildman–Crippen MR) is 148 cm³/mol. The van der Waals surface area contributed by atoms with Gasteiger partial charge in [-0.25, -0.2) is 0 Å². The summed E-state index contributed by atoms with van der Waals surface area (Å²) >= 11 is 0. The number of hydrogen-bond donors (Lipinski definition) is 1. The van der Waals surface area contributed by atoms with Gasteiger partial charge in [-0.2, -0.15) is 0 Å². The second-order valence-electron chi connectivity index (χ2n) is 10.5. The monoisotopic (exact) mass is 534 g/mol. The van der Waals surface area contributed by atoms with Crippen LogP contribution in [0.3, 0.4) is 0 Å². The van der Waals surface area contributed by atoms with Crippen LogP contribution in [0.1, 0.15) is 55.8 Å². The molecule has 0 unspecified atom stereocenters. The molecule has 2 saturated heterocycles. The number of aliphatic hydroxyl groups is 1. The van der Waals surface area contributed by atoms with E-state index < -0.39 is 17.7 Å². The highest BCUT2D eigenvalue weighted by atomic mass is 16.5. The number of nitrogens with zero attached hydrogens (tertiary/aromatic N) is 2. The maximum Gasteiger partial charge on any atom is 0.295 e. The number of Topliss-reactive ketones (excluding diaryl/α,β-unsaturated/α-hetero) is 1. The number of fused-ring (bicyclic) bond motifs is 1. The van der Waals surface area contributed by atoms with Gasteiger partial charge in [-0.05, 0) is 61.2 Å². The maximum absolute atomic E-state index is 13.5. The first-order valence-electron chi connectivity index (χ1n) is 14.1. The number of ether oxygens (including phenoxy) is 3. The smallest absolute Gasteiger partial charge is 0.295 e. The fourth-order valence-electron chi connectivity index (χ4n) is 5.58. The van der Waals surface area contributed by atoms with Crippen LogP contribution in [0, 0.1) is 0 Å². The number of benzene rings is 2. The zero-order valence-electron chi connectivity index (χ0n) is 22.9. The molecule has 39 heavy (non-hydrogen) atoms. The molecule has 2 atom stereocenters. The molecular formula is C31H38N2O6. The molecule has 8 nitrogen and oxygen atoms in total. The van der Waals surface area contributed by atoms with Crippen molar-refractivity contribution in [1.82, 2.24) is 9.80 Å². The summed E-state index contributed by atoms with van der Waals surface area (Å²) < 4.78 is 17.2. The van der Waals surface area contributed by atoms with Gasteiger partial charge in [0, 0.05) is 38.2 Å². The summed E-state index contributed by atoms with van der Waals surface area (Å²) in [6.07, 6.45) is 3.46. The van der Waals surface area contributed by atoms with Gasteiger partial charge in [-0.15, -0.1) is 0 Å². The van der Waals surface area contributed by atoms with Crippen LogP contribution in [0.4, 0.5) is 0 Å². The van der Waals surface area contributed by atoms with Crippen molar-refractivity contribution in [2.45, 2.75) is 51.7 Å². The zero-order valence-corrected chi connectivity index (χ0v) is 22.9. The van der Waals surface area contributed by atoms with Gasteiger partial charge in [-0.1, -0.05) is 25.5 Å². The van der Waals surface area contributed by atoms with Crippen LogP contribution >= 0.6 is 0 Å². The van der Waals surface area contributed by atoms with E-state index in [1.165, 1.54) is 0 Å². The molecule has 5 rings (SSSR count). The Balaban J connectivity index is 1.48. The van der Waals surface area contributed by atoms with Crippen LogP contribution < -0.4 is 9.47 Å². The van der Waals surface area contributed by atoms with Crippen molar-refractivity contribution in [2.24, 2.45) is 0 Å². The van der Waals surface area contributed by atoms with Crippen LogP contribution in [0.5, 0.6) is 11.5 Å². The minimum Gasteiger partial charge on any atom is -0.507 e. The van der Waals surface area contributed by atoms with E-state index in [1.807, 2.05) is 43.3 Å². The van der Waals surface area contributed by atoms with E-state index >= 15 is 0 Å². The van der Waals surface area contributed by atoms with E-state index in [0.717, 1.165) is 55.8 Å². The number of rotatable bonds is 10. The first kappa shape index (κ1) is 27.2. The maximum atomic E-state index is 13.5. The lowest BCUT2D eigenvalue weighted by molar-refractivity contribution is -0.140. The lowest BCUT2D eigenvalue weighted by atomic mass is 9.94. The molecule has 2 fully saturated rings. The number of hydrogen-bond acceptors (Lipinski definition) is 7. The van der Waals surface area contributed by atoms with E-state index in [2.05, 4.69) is 11.8 Å². The summed E-state index contributed by atoms with van der Waals surface area (Å²) in [7, 11) is 0. The van der Waals surface area contributed by atoms with Gasteiger partial charge in [0.1, 0.15) is 23.4 Å². The van der Waals surface area contributed by atoms with Gasteiger partial charge in [0.25, 0.3) is 11.7 Å². The third-order valence-electron chi connectivity index (χ3n) is 7.63. The number of likely N-dealkylation sites (tertiary alicyclic amines) is 1. The van der Waals surface area contributed by atoms with E-state index in [-0.39, 0.29) is 17.4 Å². The standard InChI is InChI=1S/C31H38N2O6/c1-3-4-15-38-25-8-5-7-22(20-25)28-27(29(34)23-9-10-26-24(19-23)18-21(2)39-26)30(35)31(36)33(28)12-6-11-32-13-16-37-17-14-32/h5,7-10,19-21,28,34H,3-4,6,11-18H2,1-2H3/t21-,28+/m1/s1. The van der Waals surface area contributed by atoms with E-state index in [9.17, 15) is 14.7 Å². The fourth-order valence-corrected chi connectivity index (χ4v) is 5.58. The molecule has 0 saturated carbocycles. The highest BCUT2D eigenvalue weighted by Gasteiger charge is 2.46.